The molecule has 0 aliphatic rings. The van der Waals surface area contributed by atoms with Crippen molar-refractivity contribution in [2.24, 2.45) is 0 Å². The van der Waals surface area contributed by atoms with Crippen LogP contribution in [-0.4, -0.2) is 0 Å². The Kier molecular flexibility index (Phi) is 20.5. The molecule has 1 heteroatoms. The van der Waals surface area contributed by atoms with E-state index in [1.165, 1.54) is 0 Å². The molecule has 0 rings (SSSR count). The third-order valence-corrected chi connectivity index (χ3v) is 0. The van der Waals surface area contributed by atoms with Crippen molar-refractivity contribution in [1.82, 2.24) is 0 Å². The van der Waals surface area contributed by atoms with Gasteiger partial charge in [-0.05, 0) is 6.92 Å². The number of allylic oxidation sites excluding steroid dienone is 1. The Morgan fingerprint density at radius 3 is 2.00 bits per heavy atom. The molecule has 0 bridgehead atoms. The van der Waals surface area contributed by atoms with Gasteiger partial charge in [-0.25, -0.2) is 0 Å². The molecule has 0 aromatic heterocycles. The first-order chi connectivity index (χ1) is 1.41. The summed E-state index contributed by atoms with van der Waals surface area (Å²) in [5.41, 5.74) is 0. The molecule has 0 atom stereocenters. The second-order valence-electron chi connectivity index (χ2n) is 0.408. The van der Waals surface area contributed by atoms with Crippen LogP contribution in [-0.2, 0) is 0 Å². The molecule has 0 saturated carbocycles. The van der Waals surface area contributed by atoms with E-state index >= 15 is 0 Å². The van der Waals surface area contributed by atoms with Crippen molar-refractivity contribution < 1.29 is 31.0 Å². The molecular weight excluding hydrogens is 59.0 g/mol. The van der Waals surface area contributed by atoms with Crippen LogP contribution in [0.15, 0.2) is 12.7 Å². The third-order valence-electron chi connectivity index (χ3n) is 0. The molecule has 0 fully saturated rings. The minimum atomic E-state index is 0. The second-order valence-corrected chi connectivity index (χ2v) is 0.408. The van der Waals surface area contributed by atoms with E-state index in [2.05, 4.69) is 6.58 Å². The number of hydrogen-bond acceptors (Lipinski definition) is 0. The summed E-state index contributed by atoms with van der Waals surface area (Å²) in [6.07, 6.45) is 1.75. The van der Waals surface area contributed by atoms with Crippen molar-refractivity contribution in [1.29, 1.82) is 0 Å². The molecule has 0 radical (unpaired) electrons. The van der Waals surface area contributed by atoms with Gasteiger partial charge in [0.2, 0.25) is 0 Å². The fourth-order valence-corrected chi connectivity index (χ4v) is 0. The van der Waals surface area contributed by atoms with Gasteiger partial charge in [-0.15, -0.1) is 6.58 Å². The van der Waals surface area contributed by atoms with Gasteiger partial charge in [0.15, 0.2) is 0 Å². The smallest absolute Gasteiger partial charge is 1.00 e. The molecule has 20 valence electrons. The zero-order valence-corrected chi connectivity index (χ0v) is 5.28. The topological polar surface area (TPSA) is 0 Å². The van der Waals surface area contributed by atoms with Crippen molar-refractivity contribution in [3.05, 3.63) is 12.7 Å². The van der Waals surface area contributed by atoms with Gasteiger partial charge in [-0.1, -0.05) is 6.08 Å². The molecule has 0 unspecified atom stereocenters. The summed E-state index contributed by atoms with van der Waals surface area (Å²) < 4.78 is 0. The average Bonchev–Trinajstić information content (AvgIpc) is 0.918. The van der Waals surface area contributed by atoms with E-state index in [1.807, 2.05) is 6.92 Å². The number of rotatable bonds is 0. The molecule has 0 N–H and O–H groups in total. The molecule has 0 aliphatic carbocycles. The molecule has 0 saturated heterocycles. The molecule has 0 aromatic carbocycles. The summed E-state index contributed by atoms with van der Waals surface area (Å²) in [6, 6.07) is 0. The van der Waals surface area contributed by atoms with Crippen LogP contribution in [0.1, 0.15) is 8.35 Å². The minimum Gasteiger partial charge on any atom is -1.00 e. The summed E-state index contributed by atoms with van der Waals surface area (Å²) in [7, 11) is 0. The summed E-state index contributed by atoms with van der Waals surface area (Å²) >= 11 is 0. The average molecular weight is 66.1 g/mol. The van der Waals surface area contributed by atoms with Crippen LogP contribution in [0.25, 0.3) is 0 Å². The zero-order chi connectivity index (χ0) is 2.71. The number of hydrogen-bond donors (Lipinski definition) is 0. The van der Waals surface area contributed by atoms with Crippen LogP contribution in [0.2, 0.25) is 0 Å². The van der Waals surface area contributed by atoms with Crippen LogP contribution < -0.4 is 29.6 Å². The van der Waals surface area contributed by atoms with Gasteiger partial charge < -0.3 is 1.43 Å². The Bertz CT molecular complexity index is 14.4. The van der Waals surface area contributed by atoms with E-state index in [4.69, 9.17) is 0 Å². The Labute approximate surface area is 50.7 Å². The van der Waals surface area contributed by atoms with Gasteiger partial charge >= 0.3 is 29.6 Å². The first-order valence-electron chi connectivity index (χ1n) is 0.986. The van der Waals surface area contributed by atoms with Crippen LogP contribution in [0.4, 0.5) is 0 Å². The maximum atomic E-state index is 3.36. The predicted octanol–water partition coefficient (Wildman–Crippen LogP) is -1.69. The molecule has 0 heterocycles. The van der Waals surface area contributed by atoms with E-state index in [0.29, 0.717) is 0 Å². The Morgan fingerprint density at radius 1 is 2.00 bits per heavy atom. The van der Waals surface area contributed by atoms with E-state index < -0.39 is 0 Å². The second kappa shape index (κ2) is 9.27. The van der Waals surface area contributed by atoms with Gasteiger partial charge in [-0.2, -0.15) is 0 Å². The molecule has 0 spiro atoms. The van der Waals surface area contributed by atoms with Gasteiger partial charge in [0.25, 0.3) is 0 Å². The van der Waals surface area contributed by atoms with E-state index in [1.54, 1.807) is 6.08 Å². The van der Waals surface area contributed by atoms with E-state index in [9.17, 15) is 0 Å². The molecule has 0 nitrogen and oxygen atoms in total. The van der Waals surface area contributed by atoms with Crippen LogP contribution in [0.5, 0.6) is 0 Å². The molecular formula is C3H7Na. The summed E-state index contributed by atoms with van der Waals surface area (Å²) in [4.78, 5) is 0. The normalized spacial score (nSPS) is 3.25. The molecule has 0 aromatic rings. The van der Waals surface area contributed by atoms with Crippen molar-refractivity contribution in [2.45, 2.75) is 6.92 Å². The van der Waals surface area contributed by atoms with Crippen molar-refractivity contribution in [2.75, 3.05) is 0 Å². The molecule has 0 aliphatic heterocycles. The summed E-state index contributed by atoms with van der Waals surface area (Å²) in [5.74, 6) is 0. The molecule has 4 heavy (non-hydrogen) atoms. The maximum Gasteiger partial charge on any atom is 1.00 e. The molecule has 0 amide bonds. The Balaban J connectivity index is -0.0000000200. The third kappa shape index (κ3) is 15.1. The van der Waals surface area contributed by atoms with Gasteiger partial charge in [-0.3, -0.25) is 0 Å². The maximum absolute atomic E-state index is 3.36. The first kappa shape index (κ1) is 8.83. The van der Waals surface area contributed by atoms with Crippen molar-refractivity contribution in [3.63, 3.8) is 0 Å². The van der Waals surface area contributed by atoms with Crippen LogP contribution in [0.3, 0.4) is 0 Å². The quantitative estimate of drug-likeness (QED) is 0.234. The predicted molar refractivity (Wildman–Crippen MR) is 17.0 cm³/mol. The summed E-state index contributed by atoms with van der Waals surface area (Å²) in [6.45, 7) is 5.25. The van der Waals surface area contributed by atoms with Crippen molar-refractivity contribution >= 4 is 0 Å². The fourth-order valence-electron chi connectivity index (χ4n) is 0. The van der Waals surface area contributed by atoms with E-state index in [-0.39, 0.29) is 31.0 Å². The van der Waals surface area contributed by atoms with Gasteiger partial charge in [0, 0.05) is 0 Å². The van der Waals surface area contributed by atoms with E-state index in [0.717, 1.165) is 0 Å². The fraction of sp³-hybridized carbons (Fsp3) is 0.333. The monoisotopic (exact) mass is 66.0 g/mol. The Morgan fingerprint density at radius 2 is 2.00 bits per heavy atom. The van der Waals surface area contributed by atoms with Gasteiger partial charge in [0.1, 0.15) is 0 Å². The van der Waals surface area contributed by atoms with Crippen molar-refractivity contribution in [3.8, 4) is 0 Å². The first-order valence-corrected chi connectivity index (χ1v) is 0.986. The standard InChI is InChI=1S/C3H6.Na.H/c1-3-2;;/h3H,1H2,2H3;;/q;+1;-1. The summed E-state index contributed by atoms with van der Waals surface area (Å²) in [5, 5.41) is 0. The zero-order valence-electron chi connectivity index (χ0n) is 4.28. The Hall–Kier alpha value is 0.740. The van der Waals surface area contributed by atoms with Gasteiger partial charge in [0.05, 0.1) is 0 Å². The SMILES string of the molecule is C=CC.[H-].[Na+]. The van der Waals surface area contributed by atoms with Crippen LogP contribution >= 0.6 is 0 Å². The van der Waals surface area contributed by atoms with Crippen LogP contribution in [0, 0.1) is 0 Å². The minimum absolute atomic E-state index is 0. The largest absolute Gasteiger partial charge is 1.00 e.